The van der Waals surface area contributed by atoms with Gasteiger partial charge in [0, 0.05) is 58.5 Å². The number of allylic oxidation sites excluding steroid dienone is 6. The molecule has 0 aromatic carbocycles. The number of methoxy groups -OCH3 is 3. The lowest BCUT2D eigenvalue weighted by atomic mass is 9.78. The average Bonchev–Trinajstić information content (AvgIpc) is 3.33. The van der Waals surface area contributed by atoms with Crippen LogP contribution in [0.4, 0.5) is 0 Å². The summed E-state index contributed by atoms with van der Waals surface area (Å²) in [4.78, 5) is 84.8. The summed E-state index contributed by atoms with van der Waals surface area (Å²) in [5.41, 5.74) is 1.25. The van der Waals surface area contributed by atoms with Gasteiger partial charge in [0.05, 0.1) is 24.2 Å². The van der Waals surface area contributed by atoms with Crippen LogP contribution in [0.15, 0.2) is 47.6 Å². The van der Waals surface area contributed by atoms with Crippen LogP contribution in [0.3, 0.4) is 0 Å². The Hall–Kier alpha value is -3.86. The molecule has 3 aliphatic heterocycles. The van der Waals surface area contributed by atoms with E-state index in [4.69, 9.17) is 28.4 Å². The minimum absolute atomic E-state index is 0.00980. The highest BCUT2D eigenvalue weighted by molar-refractivity contribution is 6.39. The zero-order valence-corrected chi connectivity index (χ0v) is 44.1. The Morgan fingerprint density at radius 2 is 1.56 bits per heavy atom. The maximum absolute atomic E-state index is 14.5. The number of aliphatic hydroxyl groups excluding tert-OH is 1. The number of ether oxygens (including phenoxy) is 6. The number of cyclic esters (lactones) is 1. The van der Waals surface area contributed by atoms with E-state index < -0.39 is 83.9 Å². The number of hydrogen-bond acceptors (Lipinski definition) is 14. The third-order valence-electron chi connectivity index (χ3n) is 15.2. The van der Waals surface area contributed by atoms with Crippen molar-refractivity contribution in [3.63, 3.8) is 0 Å². The minimum Gasteiger partial charge on any atom is -0.460 e. The number of fused-ring (bicyclic) bond motifs is 3. The van der Waals surface area contributed by atoms with Crippen LogP contribution < -0.4 is 0 Å². The number of esters is 2. The molecule has 1 aliphatic carbocycles. The van der Waals surface area contributed by atoms with Gasteiger partial charge in [0.2, 0.25) is 5.79 Å². The van der Waals surface area contributed by atoms with Crippen LogP contribution in [0.25, 0.3) is 0 Å². The van der Waals surface area contributed by atoms with Gasteiger partial charge < -0.3 is 43.5 Å². The Morgan fingerprint density at radius 1 is 0.843 bits per heavy atom. The summed E-state index contributed by atoms with van der Waals surface area (Å²) < 4.78 is 35.5. The van der Waals surface area contributed by atoms with Crippen molar-refractivity contribution in [1.82, 2.24) is 4.90 Å². The lowest BCUT2D eigenvalue weighted by molar-refractivity contribution is -0.265. The second-order valence-electron chi connectivity index (χ2n) is 21.2. The van der Waals surface area contributed by atoms with Gasteiger partial charge in [-0.1, -0.05) is 84.9 Å². The van der Waals surface area contributed by atoms with E-state index >= 15 is 0 Å². The predicted octanol–water partition coefficient (Wildman–Crippen LogP) is 7.39. The Labute approximate surface area is 417 Å². The largest absolute Gasteiger partial charge is 0.460 e. The van der Waals surface area contributed by atoms with Crippen molar-refractivity contribution in [2.75, 3.05) is 27.9 Å². The third kappa shape index (κ3) is 15.6. The first-order chi connectivity index (χ1) is 33.1. The van der Waals surface area contributed by atoms with Crippen LogP contribution in [0.1, 0.15) is 139 Å². The van der Waals surface area contributed by atoms with Gasteiger partial charge in [-0.3, -0.25) is 24.0 Å². The number of carbonyl (C=O) groups excluding carboxylic acids is 6. The molecule has 0 radical (unpaired) electrons. The van der Waals surface area contributed by atoms with E-state index in [-0.39, 0.29) is 66.7 Å². The van der Waals surface area contributed by atoms with E-state index in [9.17, 15) is 39.0 Å². The molecule has 1 amide bonds. The summed E-state index contributed by atoms with van der Waals surface area (Å²) in [6.07, 6.45) is 11.1. The van der Waals surface area contributed by atoms with Crippen molar-refractivity contribution < 1.29 is 67.4 Å². The molecule has 70 heavy (non-hydrogen) atoms. The molecule has 2 saturated heterocycles. The van der Waals surface area contributed by atoms with E-state index in [0.29, 0.717) is 69.8 Å². The molecule has 1 unspecified atom stereocenters. The number of Topliss-reactive ketones (excluding diaryl/α,β-unsaturated/α-hetero) is 3. The van der Waals surface area contributed by atoms with Crippen LogP contribution in [0, 0.1) is 41.4 Å². The van der Waals surface area contributed by atoms with Gasteiger partial charge in [0.15, 0.2) is 5.78 Å². The molecule has 1 saturated carbocycles. The molecule has 2 N–H and O–H groups in total. The Bertz CT molecular complexity index is 1920. The zero-order chi connectivity index (χ0) is 52.0. The highest BCUT2D eigenvalue weighted by atomic mass is 16.6. The van der Waals surface area contributed by atoms with Gasteiger partial charge in [-0.05, 0) is 107 Å². The highest BCUT2D eigenvalue weighted by Crippen LogP contribution is 2.38. The molecule has 15 heteroatoms. The van der Waals surface area contributed by atoms with Crippen LogP contribution in [0.5, 0.6) is 0 Å². The number of ketones is 3. The van der Waals surface area contributed by atoms with Crippen molar-refractivity contribution in [2.24, 2.45) is 41.4 Å². The first-order valence-corrected chi connectivity index (χ1v) is 25.8. The zero-order valence-electron chi connectivity index (χ0n) is 44.1. The lowest BCUT2D eigenvalue weighted by Gasteiger charge is -2.42. The van der Waals surface area contributed by atoms with Crippen molar-refractivity contribution in [3.8, 4) is 0 Å². The SMILES string of the molecule is CO[C@H]1C[C@@H]2CC[C@@H](C)[C@@](O)(O2)C(=O)C(=O)N2CCCC[C@H]2C(=O)O[C@H](C(C)C[C@@H]2CC[C@@H](OC(=O)C(C)C)[C@H](OC)C2)CC(=O)[C@H](C)/C=C(\C)[C@@H](O)[C@@H](OC)C(=O)[C@H](C)C[C@H](C)/C=C/C=C/C=C/1C. The fourth-order valence-corrected chi connectivity index (χ4v) is 10.5. The second kappa shape index (κ2) is 27.3. The Balaban J connectivity index is 1.70. The van der Waals surface area contributed by atoms with E-state index in [0.717, 1.165) is 5.57 Å². The third-order valence-corrected chi connectivity index (χ3v) is 15.2. The topological polar surface area (TPSA) is 201 Å². The minimum atomic E-state index is -2.44. The van der Waals surface area contributed by atoms with Gasteiger partial charge in [-0.15, -0.1) is 0 Å². The van der Waals surface area contributed by atoms with Crippen LogP contribution in [-0.2, 0) is 57.2 Å². The smallest absolute Gasteiger partial charge is 0.329 e. The van der Waals surface area contributed by atoms with Crippen molar-refractivity contribution in [3.05, 3.63) is 47.6 Å². The Kier molecular flexibility index (Phi) is 22.9. The first kappa shape index (κ1) is 58.7. The summed E-state index contributed by atoms with van der Waals surface area (Å²) in [5, 5.41) is 23.5. The van der Waals surface area contributed by atoms with E-state index in [1.165, 1.54) is 12.0 Å². The summed E-state index contributed by atoms with van der Waals surface area (Å²) in [6, 6.07) is -1.16. The molecule has 15 nitrogen and oxygen atoms in total. The quantitative estimate of drug-likeness (QED) is 0.139. The standard InChI is InChI=1S/C55H85NO14/c1-32(2)53(62)68-44-24-22-40(29-47(44)66-11)28-36(6)46-31-43(57)35(5)27-38(8)49(59)50(67-12)48(58)37(7)26-33(3)18-14-13-15-19-34(4)45(65-10)30-41-23-21-39(9)55(64,70-41)51(60)52(61)56-25-17-16-20-42(56)54(63)69-46/h13-15,18-19,27,32-33,35-37,39-42,44-47,49-50,59,64H,16-17,20-26,28-31H2,1-12H3/b15-13+,18-14+,34-19+,38-27+/t33-,35-,36?,37-,39-,40+,41+,42+,44-,45+,46+,47-,49-,50+,55-/m1/s1. The molecule has 15 atom stereocenters. The molecule has 4 aliphatic rings. The van der Waals surface area contributed by atoms with Crippen molar-refractivity contribution in [1.29, 1.82) is 0 Å². The normalized spacial score (nSPS) is 38.4. The van der Waals surface area contributed by atoms with E-state index in [2.05, 4.69) is 0 Å². The number of rotatable bonds is 8. The van der Waals surface area contributed by atoms with Crippen molar-refractivity contribution in [2.45, 2.75) is 194 Å². The maximum atomic E-state index is 14.5. The van der Waals surface area contributed by atoms with E-state index in [1.807, 2.05) is 58.1 Å². The fourth-order valence-electron chi connectivity index (χ4n) is 10.5. The fraction of sp³-hybridized carbons (Fsp3) is 0.745. The molecule has 0 spiro atoms. The van der Waals surface area contributed by atoms with Crippen LogP contribution >= 0.6 is 0 Å². The van der Waals surface area contributed by atoms with Crippen molar-refractivity contribution >= 4 is 35.2 Å². The molecule has 0 aromatic rings. The second-order valence-corrected chi connectivity index (χ2v) is 21.2. The molecule has 4 rings (SSSR count). The molecule has 3 heterocycles. The Morgan fingerprint density at radius 3 is 2.21 bits per heavy atom. The first-order valence-electron chi connectivity index (χ1n) is 25.8. The summed E-state index contributed by atoms with van der Waals surface area (Å²) >= 11 is 0. The predicted molar refractivity (Wildman–Crippen MR) is 264 cm³/mol. The van der Waals surface area contributed by atoms with Gasteiger partial charge in [-0.25, -0.2) is 4.79 Å². The van der Waals surface area contributed by atoms with Crippen LogP contribution in [-0.4, -0.2) is 133 Å². The number of nitrogens with zero attached hydrogens (tertiary/aromatic N) is 1. The van der Waals surface area contributed by atoms with E-state index in [1.54, 1.807) is 54.9 Å². The maximum Gasteiger partial charge on any atom is 0.329 e. The van der Waals surface area contributed by atoms with Gasteiger partial charge >= 0.3 is 11.9 Å². The average molecular weight is 984 g/mol. The molecule has 394 valence electrons. The van der Waals surface area contributed by atoms with Gasteiger partial charge in [-0.2, -0.15) is 0 Å². The monoisotopic (exact) mass is 984 g/mol. The highest BCUT2D eigenvalue weighted by Gasteiger charge is 2.53. The number of piperidine rings is 1. The molecular formula is C55H85NO14. The summed E-state index contributed by atoms with van der Waals surface area (Å²) in [6.45, 7) is 16.3. The number of hydrogen-bond donors (Lipinski definition) is 2. The molecule has 3 fully saturated rings. The number of aliphatic hydroxyl groups is 2. The van der Waals surface area contributed by atoms with Crippen LogP contribution in [0.2, 0.25) is 0 Å². The lowest BCUT2D eigenvalue weighted by Crippen LogP contribution is -2.61. The molecule has 2 bridgehead atoms. The molecular weight excluding hydrogens is 899 g/mol. The van der Waals surface area contributed by atoms with Gasteiger partial charge in [0.1, 0.15) is 36.2 Å². The van der Waals surface area contributed by atoms with Gasteiger partial charge in [0.25, 0.3) is 11.7 Å². The molecule has 0 aromatic heterocycles. The number of carbonyl (C=O) groups is 6. The summed E-state index contributed by atoms with van der Waals surface area (Å²) in [5.74, 6) is -8.75. The number of amides is 1. The summed E-state index contributed by atoms with van der Waals surface area (Å²) in [7, 11) is 4.54.